The standard InChI is InChI=1S/C26H39NO/c1-3-5-6-7-8-9-10-11-12-24-14-18-25(27-22-24)17-13-23-15-19-26(20-16-23)28-21-4-2/h14-16,18-20,22H,3-13,17,21H2,1-2H3. The van der Waals surface area contributed by atoms with Crippen LogP contribution in [-0.4, -0.2) is 11.6 Å². The number of hydrogen-bond acceptors (Lipinski definition) is 2. The predicted molar refractivity (Wildman–Crippen MR) is 120 cm³/mol. The van der Waals surface area contributed by atoms with Crippen molar-refractivity contribution in [3.05, 3.63) is 59.4 Å². The van der Waals surface area contributed by atoms with Gasteiger partial charge in [0.25, 0.3) is 0 Å². The van der Waals surface area contributed by atoms with E-state index in [-0.39, 0.29) is 0 Å². The molecule has 2 heteroatoms. The summed E-state index contributed by atoms with van der Waals surface area (Å²) in [4.78, 5) is 4.68. The van der Waals surface area contributed by atoms with Gasteiger partial charge in [0.2, 0.25) is 0 Å². The van der Waals surface area contributed by atoms with Crippen LogP contribution in [0.1, 0.15) is 88.5 Å². The fraction of sp³-hybridized carbons (Fsp3) is 0.577. The maximum atomic E-state index is 5.64. The first kappa shape index (κ1) is 22.5. The van der Waals surface area contributed by atoms with Crippen LogP contribution >= 0.6 is 0 Å². The van der Waals surface area contributed by atoms with Crippen molar-refractivity contribution < 1.29 is 4.74 Å². The third-order valence-corrected chi connectivity index (χ3v) is 5.27. The first-order valence-electron chi connectivity index (χ1n) is 11.5. The summed E-state index contributed by atoms with van der Waals surface area (Å²) < 4.78 is 5.64. The average molecular weight is 382 g/mol. The summed E-state index contributed by atoms with van der Waals surface area (Å²) in [6.07, 6.45) is 17.3. The van der Waals surface area contributed by atoms with Crippen LogP contribution in [0.3, 0.4) is 0 Å². The Kier molecular flexibility index (Phi) is 11.4. The molecule has 1 aromatic carbocycles. The lowest BCUT2D eigenvalue weighted by Gasteiger charge is -2.07. The molecule has 2 rings (SSSR count). The molecule has 2 aromatic rings. The third-order valence-electron chi connectivity index (χ3n) is 5.27. The van der Waals surface area contributed by atoms with E-state index in [0.29, 0.717) is 0 Å². The molecule has 0 unspecified atom stereocenters. The highest BCUT2D eigenvalue weighted by atomic mass is 16.5. The highest BCUT2D eigenvalue weighted by molar-refractivity contribution is 5.28. The van der Waals surface area contributed by atoms with Crippen LogP contribution in [0.2, 0.25) is 0 Å². The Morgan fingerprint density at radius 3 is 1.96 bits per heavy atom. The summed E-state index contributed by atoms with van der Waals surface area (Å²) in [5.41, 5.74) is 3.91. The van der Waals surface area contributed by atoms with Crippen molar-refractivity contribution in [2.75, 3.05) is 6.61 Å². The van der Waals surface area contributed by atoms with E-state index in [9.17, 15) is 0 Å². The second-order valence-electron chi connectivity index (χ2n) is 7.88. The molecule has 0 saturated carbocycles. The molecule has 0 atom stereocenters. The smallest absolute Gasteiger partial charge is 0.119 e. The highest BCUT2D eigenvalue weighted by Gasteiger charge is 2.00. The largest absolute Gasteiger partial charge is 0.494 e. The monoisotopic (exact) mass is 381 g/mol. The molecule has 1 heterocycles. The van der Waals surface area contributed by atoms with E-state index in [4.69, 9.17) is 4.74 Å². The number of aromatic nitrogens is 1. The van der Waals surface area contributed by atoms with Crippen molar-refractivity contribution in [1.82, 2.24) is 4.98 Å². The molecular formula is C26H39NO. The van der Waals surface area contributed by atoms with Crippen LogP contribution in [0.4, 0.5) is 0 Å². The third kappa shape index (κ3) is 9.39. The van der Waals surface area contributed by atoms with Crippen LogP contribution in [0.15, 0.2) is 42.6 Å². The van der Waals surface area contributed by atoms with E-state index >= 15 is 0 Å². The first-order chi connectivity index (χ1) is 13.8. The summed E-state index contributed by atoms with van der Waals surface area (Å²) in [7, 11) is 0. The van der Waals surface area contributed by atoms with E-state index in [1.807, 2.05) is 0 Å². The molecule has 0 aliphatic heterocycles. The van der Waals surface area contributed by atoms with Gasteiger partial charge < -0.3 is 4.74 Å². The summed E-state index contributed by atoms with van der Waals surface area (Å²) in [5, 5.41) is 0. The molecule has 2 nitrogen and oxygen atoms in total. The number of unbranched alkanes of at least 4 members (excludes halogenated alkanes) is 7. The number of rotatable bonds is 15. The normalized spacial score (nSPS) is 10.9. The molecule has 154 valence electrons. The van der Waals surface area contributed by atoms with Gasteiger partial charge in [-0.2, -0.15) is 0 Å². The molecule has 0 aliphatic rings. The van der Waals surface area contributed by atoms with Crippen LogP contribution in [0.25, 0.3) is 0 Å². The molecule has 0 bridgehead atoms. The van der Waals surface area contributed by atoms with Gasteiger partial charge in [-0.25, -0.2) is 0 Å². The molecule has 0 radical (unpaired) electrons. The van der Waals surface area contributed by atoms with Crippen LogP contribution in [0, 0.1) is 0 Å². The van der Waals surface area contributed by atoms with Gasteiger partial charge in [0, 0.05) is 11.9 Å². The molecule has 0 N–H and O–H groups in total. The number of nitrogens with zero attached hydrogens (tertiary/aromatic N) is 1. The predicted octanol–water partition coefficient (Wildman–Crippen LogP) is 7.34. The van der Waals surface area contributed by atoms with E-state index in [1.165, 1.54) is 74.6 Å². The maximum Gasteiger partial charge on any atom is 0.119 e. The molecule has 0 amide bonds. The SMILES string of the molecule is CCCCCCCCCCc1ccc(CCc2ccc(OCCC)cc2)nc1. The van der Waals surface area contributed by atoms with Gasteiger partial charge in [-0.05, 0) is 61.4 Å². The number of benzene rings is 1. The fourth-order valence-electron chi connectivity index (χ4n) is 3.46. The lowest BCUT2D eigenvalue weighted by molar-refractivity contribution is 0.317. The zero-order valence-electron chi connectivity index (χ0n) is 18.1. The molecule has 1 aromatic heterocycles. The zero-order valence-corrected chi connectivity index (χ0v) is 18.1. The second-order valence-corrected chi connectivity index (χ2v) is 7.88. The molecule has 0 fully saturated rings. The number of ether oxygens (including phenoxy) is 1. The van der Waals surface area contributed by atoms with Gasteiger partial charge in [0.15, 0.2) is 0 Å². The minimum atomic E-state index is 0.786. The molecule has 28 heavy (non-hydrogen) atoms. The van der Waals surface area contributed by atoms with Crippen molar-refractivity contribution in [3.63, 3.8) is 0 Å². The van der Waals surface area contributed by atoms with Crippen LogP contribution in [0.5, 0.6) is 5.75 Å². The number of pyridine rings is 1. The van der Waals surface area contributed by atoms with Gasteiger partial charge >= 0.3 is 0 Å². The minimum Gasteiger partial charge on any atom is -0.494 e. The van der Waals surface area contributed by atoms with Crippen LogP contribution in [-0.2, 0) is 19.3 Å². The topological polar surface area (TPSA) is 22.1 Å². The van der Waals surface area contributed by atoms with E-state index in [0.717, 1.165) is 31.6 Å². The fourth-order valence-corrected chi connectivity index (χ4v) is 3.46. The summed E-state index contributed by atoms with van der Waals surface area (Å²) in [6.45, 7) is 5.19. The Morgan fingerprint density at radius 2 is 1.32 bits per heavy atom. The first-order valence-corrected chi connectivity index (χ1v) is 11.5. The quantitative estimate of drug-likeness (QED) is 0.301. The lowest BCUT2D eigenvalue weighted by atomic mass is 10.0. The van der Waals surface area contributed by atoms with Gasteiger partial charge in [-0.3, -0.25) is 4.98 Å². The average Bonchev–Trinajstić information content (AvgIpc) is 2.74. The van der Waals surface area contributed by atoms with Crippen molar-refractivity contribution in [2.45, 2.75) is 90.9 Å². The van der Waals surface area contributed by atoms with Crippen LogP contribution < -0.4 is 4.74 Å². The highest BCUT2D eigenvalue weighted by Crippen LogP contribution is 2.15. The lowest BCUT2D eigenvalue weighted by Crippen LogP contribution is -1.97. The summed E-state index contributed by atoms with van der Waals surface area (Å²) in [5.74, 6) is 0.967. The molecule has 0 saturated heterocycles. The minimum absolute atomic E-state index is 0.786. The van der Waals surface area contributed by atoms with E-state index in [1.54, 1.807) is 0 Å². The van der Waals surface area contributed by atoms with Gasteiger partial charge in [0.05, 0.1) is 6.61 Å². The summed E-state index contributed by atoms with van der Waals surface area (Å²) in [6, 6.07) is 13.0. The molecule has 0 aliphatic carbocycles. The van der Waals surface area contributed by atoms with E-state index in [2.05, 4.69) is 61.4 Å². The Bertz CT molecular complexity index is 618. The zero-order chi connectivity index (χ0) is 19.9. The molecule has 0 spiro atoms. The van der Waals surface area contributed by atoms with E-state index < -0.39 is 0 Å². The van der Waals surface area contributed by atoms with Crippen molar-refractivity contribution in [3.8, 4) is 5.75 Å². The Balaban J connectivity index is 1.61. The van der Waals surface area contributed by atoms with Gasteiger partial charge in [-0.15, -0.1) is 0 Å². The molecular weight excluding hydrogens is 342 g/mol. The van der Waals surface area contributed by atoms with Gasteiger partial charge in [0.1, 0.15) is 5.75 Å². The Morgan fingerprint density at radius 1 is 0.643 bits per heavy atom. The number of aryl methyl sites for hydroxylation is 3. The number of hydrogen-bond donors (Lipinski definition) is 0. The Labute approximate surface area is 172 Å². The van der Waals surface area contributed by atoms with Crippen molar-refractivity contribution in [1.29, 1.82) is 0 Å². The second kappa shape index (κ2) is 14.2. The summed E-state index contributed by atoms with van der Waals surface area (Å²) >= 11 is 0. The maximum absolute atomic E-state index is 5.64. The van der Waals surface area contributed by atoms with Crippen molar-refractivity contribution in [2.24, 2.45) is 0 Å². The Hall–Kier alpha value is -1.83. The van der Waals surface area contributed by atoms with Gasteiger partial charge in [-0.1, -0.05) is 77.0 Å². The van der Waals surface area contributed by atoms with Crippen molar-refractivity contribution >= 4 is 0 Å².